The topological polar surface area (TPSA) is 68.2 Å². The molecule has 0 bridgehead atoms. The number of hydrogen-bond acceptors (Lipinski definition) is 5. The summed E-state index contributed by atoms with van der Waals surface area (Å²) in [6, 6.07) is 11.7. The summed E-state index contributed by atoms with van der Waals surface area (Å²) in [5.41, 5.74) is 1.49. The zero-order chi connectivity index (χ0) is 19.9. The van der Waals surface area contributed by atoms with E-state index in [-0.39, 0.29) is 0 Å². The Kier molecular flexibility index (Phi) is 7.02. The molecule has 9 heteroatoms. The van der Waals surface area contributed by atoms with Crippen LogP contribution < -0.4 is 10.6 Å². The van der Waals surface area contributed by atoms with Gasteiger partial charge in [-0.15, -0.1) is 11.3 Å². The molecule has 0 spiro atoms. The fourth-order valence-electron chi connectivity index (χ4n) is 2.54. The average Bonchev–Trinajstić information content (AvgIpc) is 3.31. The smallest absolute Gasteiger partial charge is 0.340 e. The lowest BCUT2D eigenvalue weighted by Crippen LogP contribution is -2.30. The number of carbonyl (C=O) groups is 1. The van der Waals surface area contributed by atoms with E-state index in [1.807, 2.05) is 36.4 Å². The van der Waals surface area contributed by atoms with Crippen LogP contribution in [0, 0.1) is 0 Å². The number of thiocarbonyl (C=S) groups is 1. The Morgan fingerprint density at radius 3 is 2.82 bits per heavy atom. The maximum Gasteiger partial charge on any atom is 0.340 e. The van der Waals surface area contributed by atoms with Gasteiger partial charge in [-0.1, -0.05) is 41.9 Å². The number of halogens is 1. The van der Waals surface area contributed by atoms with Crippen LogP contribution >= 0.6 is 35.2 Å². The highest BCUT2D eigenvalue weighted by Crippen LogP contribution is 2.35. The Morgan fingerprint density at radius 2 is 2.14 bits per heavy atom. The van der Waals surface area contributed by atoms with Crippen LogP contribution in [0.2, 0.25) is 5.02 Å². The number of carbonyl (C=O) groups excluding carboxylic acids is 1. The standard InChI is InChI=1S/C19H19ClN4O2S2/c1-26-18(25)15-10-16(13-6-3-2-4-7-13)28-17(15)23-19(27)21-8-5-9-24-12-14(20)11-22-24/h2-4,6-7,10-12H,5,8-9H2,1H3,(H2,21,23,27). The summed E-state index contributed by atoms with van der Waals surface area (Å²) in [6.07, 6.45) is 4.21. The molecule has 6 nitrogen and oxygen atoms in total. The van der Waals surface area contributed by atoms with Crippen molar-refractivity contribution in [2.24, 2.45) is 0 Å². The van der Waals surface area contributed by atoms with Gasteiger partial charge in [0.2, 0.25) is 0 Å². The second kappa shape index (κ2) is 9.68. The number of benzene rings is 1. The number of hydrogen-bond donors (Lipinski definition) is 2. The molecule has 0 fully saturated rings. The minimum Gasteiger partial charge on any atom is -0.465 e. The van der Waals surface area contributed by atoms with Crippen molar-refractivity contribution in [2.45, 2.75) is 13.0 Å². The van der Waals surface area contributed by atoms with Gasteiger partial charge in [-0.3, -0.25) is 4.68 Å². The number of thiophene rings is 1. The van der Waals surface area contributed by atoms with E-state index in [1.54, 1.807) is 17.1 Å². The Labute approximate surface area is 177 Å². The van der Waals surface area contributed by atoms with E-state index in [4.69, 9.17) is 28.6 Å². The molecule has 1 aromatic carbocycles. The van der Waals surface area contributed by atoms with E-state index < -0.39 is 5.97 Å². The molecule has 0 saturated carbocycles. The molecule has 0 unspecified atom stereocenters. The normalized spacial score (nSPS) is 10.5. The van der Waals surface area contributed by atoms with Crippen molar-refractivity contribution in [1.29, 1.82) is 0 Å². The van der Waals surface area contributed by atoms with Gasteiger partial charge in [0.05, 0.1) is 23.9 Å². The highest BCUT2D eigenvalue weighted by Gasteiger charge is 2.18. The summed E-state index contributed by atoms with van der Waals surface area (Å²) < 4.78 is 6.68. The van der Waals surface area contributed by atoms with Crippen LogP contribution in [0.5, 0.6) is 0 Å². The van der Waals surface area contributed by atoms with Gasteiger partial charge in [-0.25, -0.2) is 4.79 Å². The summed E-state index contributed by atoms with van der Waals surface area (Å²) in [7, 11) is 1.37. The first-order valence-corrected chi connectivity index (χ1v) is 10.2. The van der Waals surface area contributed by atoms with E-state index in [9.17, 15) is 4.79 Å². The van der Waals surface area contributed by atoms with Crippen molar-refractivity contribution >= 4 is 51.2 Å². The number of nitrogens with zero attached hydrogens (tertiary/aromatic N) is 2. The summed E-state index contributed by atoms with van der Waals surface area (Å²) in [5, 5.41) is 12.1. The molecule has 0 amide bonds. The predicted octanol–water partition coefficient (Wildman–Crippen LogP) is 4.43. The van der Waals surface area contributed by atoms with Crippen molar-refractivity contribution in [2.75, 3.05) is 19.0 Å². The molecule has 0 radical (unpaired) electrons. The zero-order valence-electron chi connectivity index (χ0n) is 15.1. The number of aromatic nitrogens is 2. The Bertz CT molecular complexity index is 956. The lowest BCUT2D eigenvalue weighted by atomic mass is 10.1. The van der Waals surface area contributed by atoms with Gasteiger partial charge in [0.1, 0.15) is 5.00 Å². The third-order valence-electron chi connectivity index (χ3n) is 3.87. The van der Waals surface area contributed by atoms with Gasteiger partial charge in [0.15, 0.2) is 5.11 Å². The number of ether oxygens (including phenoxy) is 1. The minimum atomic E-state index is -0.403. The van der Waals surface area contributed by atoms with Crippen LogP contribution in [0.1, 0.15) is 16.8 Å². The Balaban J connectivity index is 1.60. The molecule has 0 aliphatic heterocycles. The molecule has 0 atom stereocenters. The van der Waals surface area contributed by atoms with Crippen LogP contribution in [0.4, 0.5) is 5.00 Å². The molecule has 2 heterocycles. The molecule has 0 saturated heterocycles. The van der Waals surface area contributed by atoms with E-state index in [0.29, 0.717) is 27.2 Å². The largest absolute Gasteiger partial charge is 0.465 e. The third-order valence-corrected chi connectivity index (χ3v) is 5.42. The third kappa shape index (κ3) is 5.31. The number of anilines is 1. The molecule has 2 aromatic heterocycles. The van der Waals surface area contributed by atoms with Crippen molar-refractivity contribution < 1.29 is 9.53 Å². The number of methoxy groups -OCH3 is 1. The first-order valence-electron chi connectivity index (χ1n) is 8.57. The SMILES string of the molecule is COC(=O)c1cc(-c2ccccc2)sc1NC(=S)NCCCn1cc(Cl)cn1. The van der Waals surface area contributed by atoms with Gasteiger partial charge >= 0.3 is 5.97 Å². The van der Waals surface area contributed by atoms with E-state index in [1.165, 1.54) is 18.4 Å². The molecule has 0 aliphatic carbocycles. The van der Waals surface area contributed by atoms with Crippen molar-refractivity contribution in [3.63, 3.8) is 0 Å². The summed E-state index contributed by atoms with van der Waals surface area (Å²) in [5.74, 6) is -0.403. The molecule has 0 aliphatic rings. The molecule has 3 rings (SSSR count). The van der Waals surface area contributed by atoms with Crippen molar-refractivity contribution in [3.05, 3.63) is 59.4 Å². The van der Waals surface area contributed by atoms with E-state index in [2.05, 4.69) is 15.7 Å². The minimum absolute atomic E-state index is 0.403. The fourth-order valence-corrected chi connectivity index (χ4v) is 4.02. The molecular weight excluding hydrogens is 416 g/mol. The molecule has 2 N–H and O–H groups in total. The lowest BCUT2D eigenvalue weighted by molar-refractivity contribution is 0.0602. The summed E-state index contributed by atoms with van der Waals surface area (Å²) in [4.78, 5) is 13.1. The van der Waals surface area contributed by atoms with Gasteiger partial charge in [0, 0.05) is 24.2 Å². The van der Waals surface area contributed by atoms with Crippen LogP contribution in [-0.4, -0.2) is 34.5 Å². The zero-order valence-corrected chi connectivity index (χ0v) is 17.5. The highest BCUT2D eigenvalue weighted by molar-refractivity contribution is 7.80. The van der Waals surface area contributed by atoms with Crippen LogP contribution in [-0.2, 0) is 11.3 Å². The molecule has 28 heavy (non-hydrogen) atoms. The van der Waals surface area contributed by atoms with Crippen LogP contribution in [0.3, 0.4) is 0 Å². The monoisotopic (exact) mass is 434 g/mol. The van der Waals surface area contributed by atoms with Crippen LogP contribution in [0.15, 0.2) is 48.8 Å². The quantitative estimate of drug-likeness (QED) is 0.326. The average molecular weight is 435 g/mol. The van der Waals surface area contributed by atoms with E-state index in [0.717, 1.165) is 23.4 Å². The highest BCUT2D eigenvalue weighted by atomic mass is 35.5. The maximum atomic E-state index is 12.1. The van der Waals surface area contributed by atoms with Gasteiger partial charge in [0.25, 0.3) is 0 Å². The fraction of sp³-hybridized carbons (Fsp3) is 0.211. The second-order valence-corrected chi connectivity index (χ2v) is 7.76. The van der Waals surface area contributed by atoms with Crippen LogP contribution in [0.25, 0.3) is 10.4 Å². The molecular formula is C19H19ClN4O2S2. The summed E-state index contributed by atoms with van der Waals surface area (Å²) >= 11 is 12.7. The number of aryl methyl sites for hydroxylation is 1. The molecule has 3 aromatic rings. The molecule has 146 valence electrons. The lowest BCUT2D eigenvalue weighted by Gasteiger charge is -2.10. The number of nitrogens with one attached hydrogen (secondary N) is 2. The Hall–Kier alpha value is -2.42. The number of rotatable bonds is 7. The van der Waals surface area contributed by atoms with Gasteiger partial charge in [-0.05, 0) is 30.3 Å². The summed E-state index contributed by atoms with van der Waals surface area (Å²) in [6.45, 7) is 1.39. The van der Waals surface area contributed by atoms with Gasteiger partial charge in [-0.2, -0.15) is 5.10 Å². The number of esters is 1. The first kappa shape index (κ1) is 20.3. The van der Waals surface area contributed by atoms with Crippen molar-refractivity contribution in [1.82, 2.24) is 15.1 Å². The van der Waals surface area contributed by atoms with E-state index >= 15 is 0 Å². The second-order valence-electron chi connectivity index (χ2n) is 5.87. The maximum absolute atomic E-state index is 12.1. The predicted molar refractivity (Wildman–Crippen MR) is 117 cm³/mol. The Morgan fingerprint density at radius 1 is 1.36 bits per heavy atom. The van der Waals surface area contributed by atoms with Crippen molar-refractivity contribution in [3.8, 4) is 10.4 Å². The van der Waals surface area contributed by atoms with Gasteiger partial charge < -0.3 is 15.4 Å². The first-order chi connectivity index (χ1) is 13.6.